The van der Waals surface area contributed by atoms with Gasteiger partial charge in [-0.15, -0.1) is 0 Å². The van der Waals surface area contributed by atoms with Crippen molar-refractivity contribution in [2.75, 3.05) is 26.2 Å². The van der Waals surface area contributed by atoms with Gasteiger partial charge in [-0.2, -0.15) is 0 Å². The molecule has 0 amide bonds. The maximum absolute atomic E-state index is 12.3. The van der Waals surface area contributed by atoms with Crippen LogP contribution in [0.15, 0.2) is 46.6 Å². The molecule has 0 aromatic carbocycles. The molecule has 0 aliphatic carbocycles. The van der Waals surface area contributed by atoms with Crippen LogP contribution in [0.1, 0.15) is 87.0 Å². The van der Waals surface area contributed by atoms with E-state index >= 15 is 0 Å². The maximum atomic E-state index is 12.3. The lowest BCUT2D eigenvalue weighted by Gasteiger charge is -2.16. The Morgan fingerprint density at radius 1 is 0.700 bits per heavy atom. The summed E-state index contributed by atoms with van der Waals surface area (Å²) in [6.45, 7) is 15.6. The highest BCUT2D eigenvalue weighted by Gasteiger charge is 2.23. The van der Waals surface area contributed by atoms with Gasteiger partial charge in [0.1, 0.15) is 6.35 Å². The van der Waals surface area contributed by atoms with Crippen molar-refractivity contribution in [3.05, 3.63) is 46.6 Å². The average molecular weight is 441 g/mol. The van der Waals surface area contributed by atoms with Crippen LogP contribution in [-0.4, -0.2) is 26.2 Å². The Labute approximate surface area is 186 Å². The molecule has 0 saturated heterocycles. The zero-order valence-electron chi connectivity index (χ0n) is 20.5. The fraction of sp³-hybridized carbons (Fsp3) is 0.680. The minimum absolute atomic E-state index is 0.00125. The Kier molecular flexibility index (Phi) is 17.2. The Hall–Kier alpha value is -0.930. The van der Waals surface area contributed by atoms with Crippen molar-refractivity contribution in [1.29, 1.82) is 0 Å². The summed E-state index contributed by atoms with van der Waals surface area (Å²) in [6, 6.07) is 0. The van der Waals surface area contributed by atoms with Gasteiger partial charge in [0.15, 0.2) is 0 Å². The van der Waals surface area contributed by atoms with Crippen LogP contribution in [0.2, 0.25) is 0 Å². The van der Waals surface area contributed by atoms with Gasteiger partial charge in [0, 0.05) is 0 Å². The summed E-state index contributed by atoms with van der Waals surface area (Å²) < 4.78 is 28.2. The molecular formula is C25H45O4P. The molecule has 0 bridgehead atoms. The van der Waals surface area contributed by atoms with Gasteiger partial charge in [-0.05, 0) is 87.0 Å². The molecule has 5 heteroatoms. The van der Waals surface area contributed by atoms with E-state index in [1.807, 2.05) is 6.08 Å². The van der Waals surface area contributed by atoms with Crippen molar-refractivity contribution in [3.63, 3.8) is 0 Å². The van der Waals surface area contributed by atoms with E-state index < -0.39 is 7.60 Å². The normalized spacial score (nSPS) is 13.6. The molecule has 0 aromatic heterocycles. The van der Waals surface area contributed by atoms with Crippen LogP contribution in [0, 0.1) is 0 Å². The molecule has 4 nitrogen and oxygen atoms in total. The lowest BCUT2D eigenvalue weighted by molar-refractivity contribution is 0.149. The SMILES string of the molecule is CCOP(=O)(COC/C=C(\C)CC/C=C(\C)CC/C=C(\C)CCC=C(C)C)OCC. The first-order chi connectivity index (χ1) is 14.2. The predicted molar refractivity (Wildman–Crippen MR) is 130 cm³/mol. The van der Waals surface area contributed by atoms with Crippen molar-refractivity contribution in [2.45, 2.75) is 87.0 Å². The summed E-state index contributed by atoms with van der Waals surface area (Å²) >= 11 is 0. The summed E-state index contributed by atoms with van der Waals surface area (Å²) in [7, 11) is -3.11. The molecule has 0 aliphatic heterocycles. The van der Waals surface area contributed by atoms with E-state index in [1.165, 1.54) is 22.3 Å². The second-order valence-electron chi connectivity index (χ2n) is 8.00. The summed E-state index contributed by atoms with van der Waals surface area (Å²) in [6.07, 6.45) is 15.6. The van der Waals surface area contributed by atoms with Crippen LogP contribution >= 0.6 is 7.60 Å². The molecule has 0 rings (SSSR count). The number of rotatable bonds is 17. The topological polar surface area (TPSA) is 44.8 Å². The van der Waals surface area contributed by atoms with Crippen LogP contribution in [0.4, 0.5) is 0 Å². The van der Waals surface area contributed by atoms with Crippen molar-refractivity contribution in [3.8, 4) is 0 Å². The van der Waals surface area contributed by atoms with Gasteiger partial charge in [0.2, 0.25) is 0 Å². The average Bonchev–Trinajstić information content (AvgIpc) is 2.65. The van der Waals surface area contributed by atoms with E-state index in [1.54, 1.807) is 13.8 Å². The van der Waals surface area contributed by atoms with Crippen LogP contribution in [0.3, 0.4) is 0 Å². The first-order valence-electron chi connectivity index (χ1n) is 11.3. The number of hydrogen-bond acceptors (Lipinski definition) is 4. The fourth-order valence-electron chi connectivity index (χ4n) is 2.86. The minimum Gasteiger partial charge on any atom is -0.365 e. The Morgan fingerprint density at radius 2 is 1.13 bits per heavy atom. The van der Waals surface area contributed by atoms with Crippen LogP contribution in [0.25, 0.3) is 0 Å². The summed E-state index contributed by atoms with van der Waals surface area (Å²) in [4.78, 5) is 0. The van der Waals surface area contributed by atoms with E-state index in [0.29, 0.717) is 19.8 Å². The van der Waals surface area contributed by atoms with Gasteiger partial charge in [-0.1, -0.05) is 46.6 Å². The zero-order chi connectivity index (χ0) is 22.8. The first-order valence-corrected chi connectivity index (χ1v) is 13.0. The molecule has 0 N–H and O–H groups in total. The van der Waals surface area contributed by atoms with Crippen molar-refractivity contribution in [2.24, 2.45) is 0 Å². The zero-order valence-corrected chi connectivity index (χ0v) is 21.4. The monoisotopic (exact) mass is 440 g/mol. The standard InChI is InChI=1S/C25H45O4P/c1-8-28-30(26,29-9-2)21-27-20-19-25(7)18-12-17-24(6)16-11-15-23(5)14-10-13-22(3)4/h13,15,17,19H,8-12,14,16,18,20-21H2,1-7H3/b23-15+,24-17+,25-19+. The summed E-state index contributed by atoms with van der Waals surface area (Å²) in [5, 5.41) is 0. The second kappa shape index (κ2) is 17.7. The van der Waals surface area contributed by atoms with Crippen molar-refractivity contribution < 1.29 is 18.3 Å². The molecule has 0 radical (unpaired) electrons. The molecule has 0 atom stereocenters. The highest BCUT2D eigenvalue weighted by Crippen LogP contribution is 2.47. The predicted octanol–water partition coefficient (Wildman–Crippen LogP) is 8.37. The van der Waals surface area contributed by atoms with Crippen LogP contribution < -0.4 is 0 Å². The Bertz CT molecular complexity index is 615. The third-order valence-corrected chi connectivity index (χ3v) is 6.41. The fourth-order valence-corrected chi connectivity index (χ4v) is 4.20. The molecule has 0 aliphatic rings. The highest BCUT2D eigenvalue weighted by molar-refractivity contribution is 7.53. The molecule has 0 aromatic rings. The van der Waals surface area contributed by atoms with E-state index in [0.717, 1.165) is 38.5 Å². The van der Waals surface area contributed by atoms with Crippen molar-refractivity contribution >= 4 is 7.60 Å². The molecule has 30 heavy (non-hydrogen) atoms. The summed E-state index contributed by atoms with van der Waals surface area (Å²) in [5.41, 5.74) is 5.60. The highest BCUT2D eigenvalue weighted by atomic mass is 31.2. The van der Waals surface area contributed by atoms with Gasteiger partial charge >= 0.3 is 7.60 Å². The second-order valence-corrected chi connectivity index (χ2v) is 9.99. The van der Waals surface area contributed by atoms with Crippen LogP contribution in [0.5, 0.6) is 0 Å². The largest absolute Gasteiger partial charge is 0.365 e. The third-order valence-electron chi connectivity index (χ3n) is 4.60. The number of hydrogen-bond donors (Lipinski definition) is 0. The molecule has 0 saturated carbocycles. The summed E-state index contributed by atoms with van der Waals surface area (Å²) in [5.74, 6) is 0. The van der Waals surface area contributed by atoms with E-state index in [2.05, 4.69) is 52.8 Å². The Morgan fingerprint density at radius 3 is 1.57 bits per heavy atom. The van der Waals surface area contributed by atoms with Crippen LogP contribution in [-0.2, 0) is 18.3 Å². The van der Waals surface area contributed by atoms with Gasteiger partial charge in [0.05, 0.1) is 19.8 Å². The molecule has 0 spiro atoms. The number of allylic oxidation sites excluding steroid dienone is 7. The van der Waals surface area contributed by atoms with Gasteiger partial charge in [-0.3, -0.25) is 4.57 Å². The molecule has 174 valence electrons. The lowest BCUT2D eigenvalue weighted by atomic mass is 10.0. The van der Waals surface area contributed by atoms with Crippen molar-refractivity contribution in [1.82, 2.24) is 0 Å². The maximum Gasteiger partial charge on any atom is 0.356 e. The van der Waals surface area contributed by atoms with Gasteiger partial charge < -0.3 is 13.8 Å². The molecule has 0 fully saturated rings. The first kappa shape index (κ1) is 29.1. The van der Waals surface area contributed by atoms with Gasteiger partial charge in [-0.25, -0.2) is 0 Å². The van der Waals surface area contributed by atoms with Gasteiger partial charge in [0.25, 0.3) is 0 Å². The molecule has 0 unspecified atom stereocenters. The minimum atomic E-state index is -3.11. The van der Waals surface area contributed by atoms with E-state index in [4.69, 9.17) is 13.8 Å². The molecular weight excluding hydrogens is 395 g/mol. The van der Waals surface area contributed by atoms with E-state index in [-0.39, 0.29) is 6.35 Å². The number of ether oxygens (including phenoxy) is 1. The Balaban J connectivity index is 4.14. The smallest absolute Gasteiger partial charge is 0.356 e. The third kappa shape index (κ3) is 16.8. The van der Waals surface area contributed by atoms with E-state index in [9.17, 15) is 4.57 Å². The quantitative estimate of drug-likeness (QED) is 0.129. The molecule has 0 heterocycles. The lowest BCUT2D eigenvalue weighted by Crippen LogP contribution is -2.03.